The van der Waals surface area contributed by atoms with Gasteiger partial charge in [0.25, 0.3) is 0 Å². The standard InChI is InChI=1S/C15H21N3S/c1-10(9-16)7-14-11(2)17-15(18-12(14)3)8-13-5-4-6-19-13/h4-6,10H,7-9,16H2,1-3H3. The highest BCUT2D eigenvalue weighted by molar-refractivity contribution is 7.09. The fourth-order valence-electron chi connectivity index (χ4n) is 2.18. The summed E-state index contributed by atoms with van der Waals surface area (Å²) in [5.41, 5.74) is 9.15. The van der Waals surface area contributed by atoms with Gasteiger partial charge >= 0.3 is 0 Å². The van der Waals surface area contributed by atoms with Gasteiger partial charge in [-0.15, -0.1) is 11.3 Å². The van der Waals surface area contributed by atoms with Gasteiger partial charge < -0.3 is 5.73 Å². The Morgan fingerprint density at radius 2 is 1.95 bits per heavy atom. The SMILES string of the molecule is Cc1nc(Cc2cccs2)nc(C)c1CC(C)CN. The van der Waals surface area contributed by atoms with Crippen LogP contribution in [0.5, 0.6) is 0 Å². The van der Waals surface area contributed by atoms with Gasteiger partial charge in [-0.3, -0.25) is 0 Å². The lowest BCUT2D eigenvalue weighted by molar-refractivity contribution is 0.584. The van der Waals surface area contributed by atoms with Crippen molar-refractivity contribution in [2.24, 2.45) is 11.7 Å². The minimum atomic E-state index is 0.476. The third kappa shape index (κ3) is 3.61. The summed E-state index contributed by atoms with van der Waals surface area (Å²) in [5.74, 6) is 1.39. The summed E-state index contributed by atoms with van der Waals surface area (Å²) < 4.78 is 0. The minimum Gasteiger partial charge on any atom is -0.330 e. The van der Waals surface area contributed by atoms with Crippen molar-refractivity contribution in [2.45, 2.75) is 33.6 Å². The van der Waals surface area contributed by atoms with Crippen LogP contribution in [0.25, 0.3) is 0 Å². The first-order valence-electron chi connectivity index (χ1n) is 6.65. The molecule has 2 aromatic heterocycles. The van der Waals surface area contributed by atoms with E-state index in [4.69, 9.17) is 5.73 Å². The number of aryl methyl sites for hydroxylation is 2. The fourth-order valence-corrected chi connectivity index (χ4v) is 2.89. The van der Waals surface area contributed by atoms with Crippen molar-refractivity contribution in [2.75, 3.05) is 6.54 Å². The van der Waals surface area contributed by atoms with Crippen LogP contribution in [0.15, 0.2) is 17.5 Å². The van der Waals surface area contributed by atoms with Crippen molar-refractivity contribution in [1.29, 1.82) is 0 Å². The molecule has 0 amide bonds. The summed E-state index contributed by atoms with van der Waals surface area (Å²) in [5, 5.41) is 2.09. The number of hydrogen-bond donors (Lipinski definition) is 1. The van der Waals surface area contributed by atoms with Crippen molar-refractivity contribution in [3.63, 3.8) is 0 Å². The Morgan fingerprint density at radius 1 is 1.26 bits per heavy atom. The topological polar surface area (TPSA) is 51.8 Å². The van der Waals surface area contributed by atoms with Gasteiger partial charge in [-0.05, 0) is 49.7 Å². The molecule has 0 aliphatic rings. The molecular formula is C15H21N3S. The van der Waals surface area contributed by atoms with Gasteiger partial charge in [-0.1, -0.05) is 13.0 Å². The number of aromatic nitrogens is 2. The largest absolute Gasteiger partial charge is 0.330 e. The molecule has 102 valence electrons. The third-order valence-corrected chi connectivity index (χ3v) is 4.21. The average Bonchev–Trinajstić information content (AvgIpc) is 2.86. The van der Waals surface area contributed by atoms with Crippen LogP contribution in [0.1, 0.15) is 34.6 Å². The molecule has 19 heavy (non-hydrogen) atoms. The van der Waals surface area contributed by atoms with Crippen molar-refractivity contribution in [1.82, 2.24) is 9.97 Å². The van der Waals surface area contributed by atoms with E-state index >= 15 is 0 Å². The van der Waals surface area contributed by atoms with Crippen molar-refractivity contribution in [3.05, 3.63) is 45.2 Å². The zero-order chi connectivity index (χ0) is 13.8. The lowest BCUT2D eigenvalue weighted by Crippen LogP contribution is -2.16. The van der Waals surface area contributed by atoms with Crippen LogP contribution < -0.4 is 5.73 Å². The summed E-state index contributed by atoms with van der Waals surface area (Å²) in [6.45, 7) is 7.02. The van der Waals surface area contributed by atoms with Gasteiger partial charge in [0.15, 0.2) is 0 Å². The molecular weight excluding hydrogens is 254 g/mol. The molecule has 3 nitrogen and oxygen atoms in total. The Bertz CT molecular complexity index is 511. The molecule has 0 aromatic carbocycles. The normalized spacial score (nSPS) is 12.6. The van der Waals surface area contributed by atoms with E-state index in [9.17, 15) is 0 Å². The molecule has 0 aliphatic carbocycles. The van der Waals surface area contributed by atoms with Crippen LogP contribution in [0.3, 0.4) is 0 Å². The zero-order valence-corrected chi connectivity index (χ0v) is 12.6. The second-order valence-corrected chi connectivity index (χ2v) is 6.12. The second-order valence-electron chi connectivity index (χ2n) is 5.09. The van der Waals surface area contributed by atoms with E-state index in [0.717, 1.165) is 30.1 Å². The second kappa shape index (κ2) is 6.26. The quantitative estimate of drug-likeness (QED) is 0.913. The molecule has 0 bridgehead atoms. The van der Waals surface area contributed by atoms with Gasteiger partial charge in [0, 0.05) is 22.7 Å². The third-order valence-electron chi connectivity index (χ3n) is 3.33. The molecule has 0 saturated carbocycles. The summed E-state index contributed by atoms with van der Waals surface area (Å²) in [7, 11) is 0. The van der Waals surface area contributed by atoms with E-state index in [1.54, 1.807) is 11.3 Å². The van der Waals surface area contributed by atoms with E-state index in [1.807, 2.05) is 0 Å². The van der Waals surface area contributed by atoms with E-state index in [-0.39, 0.29) is 0 Å². The van der Waals surface area contributed by atoms with Gasteiger partial charge in [-0.25, -0.2) is 9.97 Å². The van der Waals surface area contributed by atoms with Gasteiger partial charge in [-0.2, -0.15) is 0 Å². The first kappa shape index (κ1) is 14.2. The maximum atomic E-state index is 5.70. The van der Waals surface area contributed by atoms with Crippen LogP contribution in [-0.2, 0) is 12.8 Å². The van der Waals surface area contributed by atoms with Crippen molar-refractivity contribution in [3.8, 4) is 0 Å². The maximum absolute atomic E-state index is 5.70. The minimum absolute atomic E-state index is 0.476. The molecule has 0 spiro atoms. The Kier molecular flexibility index (Phi) is 4.66. The van der Waals surface area contributed by atoms with Gasteiger partial charge in [0.05, 0.1) is 0 Å². The van der Waals surface area contributed by atoms with Gasteiger partial charge in [0.1, 0.15) is 5.82 Å². The Balaban J connectivity index is 2.21. The molecule has 1 unspecified atom stereocenters. The molecule has 2 heterocycles. The lowest BCUT2D eigenvalue weighted by atomic mass is 9.99. The zero-order valence-electron chi connectivity index (χ0n) is 11.8. The van der Waals surface area contributed by atoms with Crippen LogP contribution in [-0.4, -0.2) is 16.5 Å². The summed E-state index contributed by atoms with van der Waals surface area (Å²) in [6.07, 6.45) is 1.79. The smallest absolute Gasteiger partial charge is 0.134 e. The molecule has 0 radical (unpaired) electrons. The highest BCUT2D eigenvalue weighted by atomic mass is 32.1. The Morgan fingerprint density at radius 3 is 2.47 bits per heavy atom. The van der Waals surface area contributed by atoms with E-state index in [2.05, 4.69) is 48.3 Å². The lowest BCUT2D eigenvalue weighted by Gasteiger charge is -2.14. The number of nitrogens with two attached hydrogens (primary N) is 1. The van der Waals surface area contributed by atoms with Crippen LogP contribution >= 0.6 is 11.3 Å². The maximum Gasteiger partial charge on any atom is 0.134 e. The molecule has 2 N–H and O–H groups in total. The fraction of sp³-hybridized carbons (Fsp3) is 0.467. The Hall–Kier alpha value is -1.26. The first-order chi connectivity index (χ1) is 9.10. The van der Waals surface area contributed by atoms with Crippen molar-refractivity contribution < 1.29 is 0 Å². The molecule has 2 rings (SSSR count). The summed E-state index contributed by atoms with van der Waals surface area (Å²) >= 11 is 1.75. The monoisotopic (exact) mass is 275 g/mol. The van der Waals surface area contributed by atoms with E-state index in [1.165, 1.54) is 10.4 Å². The number of thiophene rings is 1. The predicted octanol–water partition coefficient (Wildman–Crippen LogP) is 2.88. The predicted molar refractivity (Wildman–Crippen MR) is 80.6 cm³/mol. The van der Waals surface area contributed by atoms with Crippen molar-refractivity contribution >= 4 is 11.3 Å². The molecule has 2 aromatic rings. The number of nitrogens with zero attached hydrogens (tertiary/aromatic N) is 2. The summed E-state index contributed by atoms with van der Waals surface area (Å²) in [6, 6.07) is 4.19. The molecule has 0 saturated heterocycles. The van der Waals surface area contributed by atoms with Gasteiger partial charge in [0.2, 0.25) is 0 Å². The summed E-state index contributed by atoms with van der Waals surface area (Å²) in [4.78, 5) is 10.6. The van der Waals surface area contributed by atoms with E-state index < -0.39 is 0 Å². The molecule has 4 heteroatoms. The molecule has 1 atom stereocenters. The van der Waals surface area contributed by atoms with Crippen LogP contribution in [0.4, 0.5) is 0 Å². The average molecular weight is 275 g/mol. The van der Waals surface area contributed by atoms with Crippen LogP contribution in [0.2, 0.25) is 0 Å². The number of hydrogen-bond acceptors (Lipinski definition) is 4. The molecule has 0 fully saturated rings. The number of rotatable bonds is 5. The van der Waals surface area contributed by atoms with Crippen LogP contribution in [0, 0.1) is 19.8 Å². The highest BCUT2D eigenvalue weighted by Gasteiger charge is 2.12. The highest BCUT2D eigenvalue weighted by Crippen LogP contribution is 2.18. The molecule has 0 aliphatic heterocycles. The van der Waals surface area contributed by atoms with E-state index in [0.29, 0.717) is 12.5 Å². The Labute approximate surface area is 118 Å². The first-order valence-corrected chi connectivity index (χ1v) is 7.53.